The number of benzene rings is 9. The highest BCUT2D eigenvalue weighted by Crippen LogP contribution is 2.55. The average molecular weight is 706 g/mol. The van der Waals surface area contributed by atoms with Crippen molar-refractivity contribution in [3.63, 3.8) is 0 Å². The normalized spacial score (nSPS) is 14.7. The molecule has 0 saturated carbocycles. The van der Waals surface area contributed by atoms with E-state index in [9.17, 15) is 0 Å². The van der Waals surface area contributed by atoms with Gasteiger partial charge in [0.15, 0.2) is 0 Å². The van der Waals surface area contributed by atoms with Crippen LogP contribution in [0.3, 0.4) is 0 Å². The number of anilines is 3. The Hall–Kier alpha value is -6.35. The summed E-state index contributed by atoms with van der Waals surface area (Å²) in [4.78, 5) is 5.31. The number of fused-ring (bicyclic) bond motifs is 10. The van der Waals surface area contributed by atoms with Gasteiger partial charge in [0.25, 0.3) is 0 Å². The predicted molar refractivity (Wildman–Crippen MR) is 232 cm³/mol. The predicted octanol–water partition coefficient (Wildman–Crippen LogP) is 15.1. The number of hydrogen-bond acceptors (Lipinski definition) is 2. The molecule has 1 nitrogen and oxygen atoms in total. The third kappa shape index (κ3) is 5.10. The monoisotopic (exact) mass is 705 g/mol. The fraction of sp³-hybridized carbons (Fsp3) is 0.0385. The number of nitrogens with zero attached hydrogens (tertiary/aromatic N) is 1. The van der Waals surface area contributed by atoms with E-state index in [-0.39, 0.29) is 0 Å². The Labute approximate surface area is 319 Å². The molecule has 1 aliphatic carbocycles. The van der Waals surface area contributed by atoms with E-state index >= 15 is 0 Å². The fourth-order valence-corrected chi connectivity index (χ4v) is 10.1. The van der Waals surface area contributed by atoms with Gasteiger partial charge in [-0.1, -0.05) is 170 Å². The minimum atomic E-state index is 0.473. The van der Waals surface area contributed by atoms with E-state index in [0.717, 1.165) is 17.8 Å². The zero-order valence-electron chi connectivity index (χ0n) is 29.6. The third-order valence-electron chi connectivity index (χ3n) is 11.4. The Morgan fingerprint density at radius 3 is 2.04 bits per heavy atom. The number of hydrogen-bond donors (Lipinski definition) is 0. The summed E-state index contributed by atoms with van der Waals surface area (Å²) in [6.07, 6.45) is 7.90. The Kier molecular flexibility index (Phi) is 7.31. The lowest BCUT2D eigenvalue weighted by molar-refractivity contribution is 0.840. The Morgan fingerprint density at radius 1 is 0.463 bits per heavy atom. The van der Waals surface area contributed by atoms with Crippen LogP contribution in [-0.4, -0.2) is 0 Å². The van der Waals surface area contributed by atoms with Crippen LogP contribution in [0.1, 0.15) is 17.9 Å². The van der Waals surface area contributed by atoms with E-state index in [0.29, 0.717) is 5.92 Å². The zero-order chi connectivity index (χ0) is 35.6. The molecule has 0 radical (unpaired) electrons. The highest BCUT2D eigenvalue weighted by Gasteiger charge is 2.30. The van der Waals surface area contributed by atoms with Crippen molar-refractivity contribution in [1.82, 2.24) is 0 Å². The largest absolute Gasteiger partial charge is 0.310 e. The topological polar surface area (TPSA) is 3.24 Å². The van der Waals surface area contributed by atoms with E-state index in [1.807, 2.05) is 11.8 Å². The molecule has 0 saturated heterocycles. The standard InChI is InChI=1S/C52H35NS/c1-2-10-34(11-3-1)39-13-8-14-42(32-39)53(49-18-9-17-46-44(49)30-31-47-45-16-6-7-19-50(45)54-52(46)47)41-28-26-35(27-29-41)40-25-22-37-21-24-38-23-20-36-12-4-5-15-43(36)51(38)48(37)33-40/h1-15,17-33,45H,16H2. The maximum absolute atomic E-state index is 2.44. The molecule has 1 atom stereocenters. The number of rotatable bonds is 5. The second-order valence-electron chi connectivity index (χ2n) is 14.4. The molecule has 2 heteroatoms. The van der Waals surface area contributed by atoms with Gasteiger partial charge in [0.2, 0.25) is 0 Å². The molecule has 0 bridgehead atoms. The van der Waals surface area contributed by atoms with Gasteiger partial charge < -0.3 is 4.90 Å². The van der Waals surface area contributed by atoms with Crippen LogP contribution < -0.4 is 4.90 Å². The van der Waals surface area contributed by atoms with Gasteiger partial charge in [0, 0.05) is 27.6 Å². The van der Waals surface area contributed by atoms with E-state index in [1.165, 1.54) is 86.4 Å². The van der Waals surface area contributed by atoms with E-state index in [4.69, 9.17) is 0 Å². The van der Waals surface area contributed by atoms with Crippen molar-refractivity contribution in [3.05, 3.63) is 205 Å². The van der Waals surface area contributed by atoms with Crippen molar-refractivity contribution < 1.29 is 0 Å². The van der Waals surface area contributed by atoms with Crippen molar-refractivity contribution in [2.24, 2.45) is 0 Å². The smallest absolute Gasteiger partial charge is 0.0540 e. The Morgan fingerprint density at radius 2 is 1.15 bits per heavy atom. The molecule has 9 aromatic rings. The molecular weight excluding hydrogens is 671 g/mol. The molecule has 0 N–H and O–H groups in total. The quantitative estimate of drug-likeness (QED) is 0.164. The van der Waals surface area contributed by atoms with Crippen LogP contribution in [0.5, 0.6) is 0 Å². The second kappa shape index (κ2) is 12.7. The highest BCUT2D eigenvalue weighted by molar-refractivity contribution is 8.03. The van der Waals surface area contributed by atoms with Gasteiger partial charge in [0.1, 0.15) is 0 Å². The lowest BCUT2D eigenvalue weighted by atomic mass is 9.90. The average Bonchev–Trinajstić information content (AvgIpc) is 3.63. The lowest BCUT2D eigenvalue weighted by Crippen LogP contribution is -2.10. The summed E-state index contributed by atoms with van der Waals surface area (Å²) in [5.74, 6) is 0.473. The van der Waals surface area contributed by atoms with Gasteiger partial charge in [-0.2, -0.15) is 0 Å². The van der Waals surface area contributed by atoms with Gasteiger partial charge in [-0.05, 0) is 113 Å². The van der Waals surface area contributed by atoms with Crippen LogP contribution >= 0.6 is 11.8 Å². The molecule has 2 aliphatic rings. The maximum atomic E-state index is 2.44. The summed E-state index contributed by atoms with van der Waals surface area (Å²) in [5, 5.41) is 10.3. The zero-order valence-corrected chi connectivity index (χ0v) is 30.4. The molecule has 11 rings (SSSR count). The van der Waals surface area contributed by atoms with E-state index in [2.05, 4.69) is 199 Å². The summed E-state index contributed by atoms with van der Waals surface area (Å²) < 4.78 is 0. The molecule has 0 amide bonds. The molecule has 1 heterocycles. The van der Waals surface area contributed by atoms with Crippen LogP contribution in [0.4, 0.5) is 17.1 Å². The van der Waals surface area contributed by atoms with Gasteiger partial charge in [0.05, 0.1) is 5.69 Å². The lowest BCUT2D eigenvalue weighted by Gasteiger charge is -2.28. The summed E-state index contributed by atoms with van der Waals surface area (Å²) in [6, 6.07) is 65.0. The van der Waals surface area contributed by atoms with Gasteiger partial charge >= 0.3 is 0 Å². The molecule has 0 fully saturated rings. The van der Waals surface area contributed by atoms with Crippen molar-refractivity contribution >= 4 is 71.9 Å². The molecule has 9 aromatic carbocycles. The van der Waals surface area contributed by atoms with Crippen LogP contribution in [0, 0.1) is 0 Å². The van der Waals surface area contributed by atoms with Gasteiger partial charge in [-0.15, -0.1) is 0 Å². The number of allylic oxidation sites excluding steroid dienone is 4. The van der Waals surface area contributed by atoms with Crippen LogP contribution in [0.2, 0.25) is 0 Å². The second-order valence-corrected chi connectivity index (χ2v) is 15.5. The molecular formula is C52H35NS. The summed E-state index contributed by atoms with van der Waals surface area (Å²) in [6.45, 7) is 0. The van der Waals surface area contributed by atoms with Crippen molar-refractivity contribution in [3.8, 4) is 22.3 Å². The van der Waals surface area contributed by atoms with Crippen molar-refractivity contribution in [2.75, 3.05) is 4.90 Å². The molecule has 0 aromatic heterocycles. The van der Waals surface area contributed by atoms with Gasteiger partial charge in [-0.25, -0.2) is 0 Å². The van der Waals surface area contributed by atoms with Gasteiger partial charge in [-0.3, -0.25) is 0 Å². The summed E-state index contributed by atoms with van der Waals surface area (Å²) in [7, 11) is 0. The van der Waals surface area contributed by atoms with Crippen LogP contribution in [0.15, 0.2) is 204 Å². The molecule has 1 unspecified atom stereocenters. The summed E-state index contributed by atoms with van der Waals surface area (Å²) >= 11 is 1.95. The first-order valence-corrected chi connectivity index (χ1v) is 19.6. The number of thioether (sulfide) groups is 1. The minimum Gasteiger partial charge on any atom is -0.310 e. The van der Waals surface area contributed by atoms with E-state index < -0.39 is 0 Å². The highest BCUT2D eigenvalue weighted by atomic mass is 32.2. The first-order valence-electron chi connectivity index (χ1n) is 18.8. The molecule has 254 valence electrons. The SMILES string of the molecule is C1=CCC2C(=C1)Sc1c2ccc2c(N(c3ccc(-c4ccc5ccc6ccc7ccccc7c6c5c4)cc3)c3cccc(-c4ccccc4)c3)cccc12. The van der Waals surface area contributed by atoms with Crippen molar-refractivity contribution in [2.45, 2.75) is 17.2 Å². The third-order valence-corrected chi connectivity index (χ3v) is 12.7. The minimum absolute atomic E-state index is 0.473. The van der Waals surface area contributed by atoms with Crippen LogP contribution in [-0.2, 0) is 0 Å². The fourth-order valence-electron chi connectivity index (χ4n) is 8.72. The first kappa shape index (κ1) is 31.2. The van der Waals surface area contributed by atoms with E-state index in [1.54, 1.807) is 0 Å². The first-order chi connectivity index (χ1) is 26.8. The Balaban J connectivity index is 1.06. The Bertz CT molecular complexity index is 2990. The molecule has 0 spiro atoms. The summed E-state index contributed by atoms with van der Waals surface area (Å²) in [5.41, 5.74) is 9.73. The van der Waals surface area contributed by atoms with Crippen molar-refractivity contribution in [1.29, 1.82) is 0 Å². The maximum Gasteiger partial charge on any atom is 0.0540 e. The molecule has 1 aliphatic heterocycles. The van der Waals surface area contributed by atoms with Crippen LogP contribution in [0.25, 0.3) is 65.3 Å². The molecule has 54 heavy (non-hydrogen) atoms.